The van der Waals surface area contributed by atoms with Crippen LogP contribution < -0.4 is 4.90 Å². The summed E-state index contributed by atoms with van der Waals surface area (Å²) in [5.41, 5.74) is 2.37. The van der Waals surface area contributed by atoms with E-state index < -0.39 is 0 Å². The Morgan fingerprint density at radius 3 is 2.65 bits per heavy atom. The van der Waals surface area contributed by atoms with Gasteiger partial charge in [-0.3, -0.25) is 0 Å². The highest BCUT2D eigenvalue weighted by Gasteiger charge is 2.18. The number of halogens is 2. The average Bonchev–Trinajstić information content (AvgIpc) is 2.46. The van der Waals surface area contributed by atoms with E-state index in [1.54, 1.807) is 18.3 Å². The molecule has 0 aliphatic carbocycles. The lowest BCUT2D eigenvalue weighted by Crippen LogP contribution is -2.24. The van der Waals surface area contributed by atoms with Crippen molar-refractivity contribution in [1.29, 1.82) is 0 Å². The third-order valence-electron chi connectivity index (χ3n) is 3.46. The molecule has 106 valence electrons. The Morgan fingerprint density at radius 2 is 2.05 bits per heavy atom. The predicted octanol–water partition coefficient (Wildman–Crippen LogP) is 3.86. The first-order valence-electron chi connectivity index (χ1n) is 6.40. The maximum absolute atomic E-state index is 13.8. The molecular weight excluding hydrogens is 277 g/mol. The molecular formula is C15H17ClFN3. The number of hydrogen-bond donors (Lipinski definition) is 0. The summed E-state index contributed by atoms with van der Waals surface area (Å²) in [6, 6.07) is 6.59. The molecule has 0 aliphatic heterocycles. The maximum Gasteiger partial charge on any atom is 0.225 e. The summed E-state index contributed by atoms with van der Waals surface area (Å²) in [5.74, 6) is 0.728. The van der Waals surface area contributed by atoms with Crippen molar-refractivity contribution in [3.8, 4) is 0 Å². The molecule has 5 heteroatoms. The summed E-state index contributed by atoms with van der Waals surface area (Å²) < 4.78 is 13.8. The summed E-state index contributed by atoms with van der Waals surface area (Å²) in [5, 5.41) is 0. The van der Waals surface area contributed by atoms with Crippen molar-refractivity contribution in [1.82, 2.24) is 9.97 Å². The van der Waals surface area contributed by atoms with Crippen LogP contribution in [0.25, 0.3) is 0 Å². The predicted molar refractivity (Wildman–Crippen MR) is 79.5 cm³/mol. The van der Waals surface area contributed by atoms with Crippen LogP contribution in [0.3, 0.4) is 0 Å². The smallest absolute Gasteiger partial charge is 0.225 e. The molecule has 0 saturated heterocycles. The monoisotopic (exact) mass is 293 g/mol. The minimum Gasteiger partial charge on any atom is -0.337 e. The van der Waals surface area contributed by atoms with Gasteiger partial charge in [-0.05, 0) is 19.9 Å². The molecule has 0 amide bonds. The summed E-state index contributed by atoms with van der Waals surface area (Å²) in [6.07, 6.45) is 1.72. The van der Waals surface area contributed by atoms with Crippen LogP contribution in [0.1, 0.15) is 29.8 Å². The van der Waals surface area contributed by atoms with Crippen molar-refractivity contribution in [2.45, 2.75) is 25.8 Å². The van der Waals surface area contributed by atoms with Gasteiger partial charge in [-0.1, -0.05) is 18.2 Å². The van der Waals surface area contributed by atoms with Crippen LogP contribution in [-0.4, -0.2) is 17.0 Å². The lowest BCUT2D eigenvalue weighted by atomic mass is 10.1. The number of rotatable bonds is 4. The third-order valence-corrected chi connectivity index (χ3v) is 3.75. The van der Waals surface area contributed by atoms with Gasteiger partial charge in [-0.15, -0.1) is 11.6 Å². The zero-order valence-electron chi connectivity index (χ0n) is 11.8. The minimum atomic E-state index is -0.221. The molecule has 0 saturated carbocycles. The van der Waals surface area contributed by atoms with Crippen LogP contribution >= 0.6 is 11.6 Å². The zero-order chi connectivity index (χ0) is 14.7. The van der Waals surface area contributed by atoms with Crippen molar-refractivity contribution < 1.29 is 4.39 Å². The molecule has 1 heterocycles. The van der Waals surface area contributed by atoms with Gasteiger partial charge < -0.3 is 4.90 Å². The van der Waals surface area contributed by atoms with E-state index in [4.69, 9.17) is 11.6 Å². The Hall–Kier alpha value is -1.68. The molecule has 0 fully saturated rings. The molecule has 1 aromatic carbocycles. The number of anilines is 1. The fourth-order valence-corrected chi connectivity index (χ4v) is 2.24. The second kappa shape index (κ2) is 6.18. The fraction of sp³-hybridized carbons (Fsp3) is 0.333. The van der Waals surface area contributed by atoms with Gasteiger partial charge in [0.25, 0.3) is 0 Å². The van der Waals surface area contributed by atoms with Gasteiger partial charge in [0, 0.05) is 30.1 Å². The van der Waals surface area contributed by atoms with Gasteiger partial charge in [-0.2, -0.15) is 0 Å². The molecule has 1 unspecified atom stereocenters. The molecule has 1 atom stereocenters. The minimum absolute atomic E-state index is 0.155. The first-order valence-corrected chi connectivity index (χ1v) is 6.93. The van der Waals surface area contributed by atoms with Crippen molar-refractivity contribution in [3.63, 3.8) is 0 Å². The Morgan fingerprint density at radius 1 is 1.35 bits per heavy atom. The van der Waals surface area contributed by atoms with Gasteiger partial charge in [-0.25, -0.2) is 14.4 Å². The van der Waals surface area contributed by atoms with Gasteiger partial charge in [0.2, 0.25) is 5.95 Å². The van der Waals surface area contributed by atoms with Crippen LogP contribution in [0.2, 0.25) is 0 Å². The molecule has 2 rings (SSSR count). The number of benzene rings is 1. The highest BCUT2D eigenvalue weighted by atomic mass is 35.5. The number of aryl methyl sites for hydroxylation is 1. The quantitative estimate of drug-likeness (QED) is 0.802. The van der Waals surface area contributed by atoms with E-state index in [1.165, 1.54) is 6.07 Å². The second-order valence-corrected chi connectivity index (χ2v) is 4.99. The largest absolute Gasteiger partial charge is 0.337 e. The molecule has 0 spiro atoms. The van der Waals surface area contributed by atoms with Gasteiger partial charge in [0.05, 0.1) is 11.9 Å². The molecule has 0 aliphatic rings. The lowest BCUT2D eigenvalue weighted by molar-refractivity contribution is 0.582. The van der Waals surface area contributed by atoms with E-state index in [1.807, 2.05) is 31.9 Å². The van der Waals surface area contributed by atoms with E-state index in [0.717, 1.165) is 11.3 Å². The Labute approximate surface area is 123 Å². The zero-order valence-corrected chi connectivity index (χ0v) is 12.5. The van der Waals surface area contributed by atoms with Crippen LogP contribution in [-0.2, 0) is 5.88 Å². The third kappa shape index (κ3) is 2.90. The molecule has 1 aromatic heterocycles. The first-order chi connectivity index (χ1) is 9.54. The number of aromatic nitrogens is 2. The topological polar surface area (TPSA) is 29.0 Å². The van der Waals surface area contributed by atoms with E-state index >= 15 is 0 Å². The Kier molecular flexibility index (Phi) is 4.55. The average molecular weight is 294 g/mol. The van der Waals surface area contributed by atoms with Crippen molar-refractivity contribution in [2.75, 3.05) is 11.9 Å². The number of hydrogen-bond acceptors (Lipinski definition) is 3. The summed E-state index contributed by atoms with van der Waals surface area (Å²) in [4.78, 5) is 10.6. The van der Waals surface area contributed by atoms with Crippen LogP contribution in [0.4, 0.5) is 10.3 Å². The van der Waals surface area contributed by atoms with Crippen LogP contribution in [0.15, 0.2) is 30.5 Å². The van der Waals surface area contributed by atoms with Crippen molar-refractivity contribution in [3.05, 3.63) is 53.1 Å². The van der Waals surface area contributed by atoms with Crippen molar-refractivity contribution >= 4 is 17.5 Å². The molecule has 20 heavy (non-hydrogen) atoms. The molecule has 3 nitrogen and oxygen atoms in total. The van der Waals surface area contributed by atoms with E-state index in [-0.39, 0.29) is 11.9 Å². The molecule has 0 bridgehead atoms. The highest BCUT2D eigenvalue weighted by molar-refractivity contribution is 6.17. The fourth-order valence-electron chi connectivity index (χ4n) is 1.98. The molecule has 2 aromatic rings. The van der Waals surface area contributed by atoms with E-state index in [9.17, 15) is 4.39 Å². The Bertz CT molecular complexity index is 603. The normalized spacial score (nSPS) is 12.2. The standard InChI is InChI=1S/C15H17ClFN3/c1-10-12(8-16)9-18-15(19-10)20(3)11(2)13-6-4-5-7-14(13)17/h4-7,9,11H,8H2,1-3H3. The first kappa shape index (κ1) is 14.7. The molecule has 0 radical (unpaired) electrons. The van der Waals surface area contributed by atoms with E-state index in [0.29, 0.717) is 17.4 Å². The van der Waals surface area contributed by atoms with E-state index in [2.05, 4.69) is 9.97 Å². The van der Waals surface area contributed by atoms with Crippen molar-refractivity contribution in [2.24, 2.45) is 0 Å². The second-order valence-electron chi connectivity index (χ2n) is 4.72. The molecule has 0 N–H and O–H groups in total. The summed E-state index contributed by atoms with van der Waals surface area (Å²) in [6.45, 7) is 3.82. The summed E-state index contributed by atoms with van der Waals surface area (Å²) in [7, 11) is 1.85. The van der Waals surface area contributed by atoms with Crippen LogP contribution in [0, 0.1) is 12.7 Å². The summed E-state index contributed by atoms with van der Waals surface area (Å²) >= 11 is 5.80. The SMILES string of the molecule is Cc1nc(N(C)C(C)c2ccccc2F)ncc1CCl. The van der Waals surface area contributed by atoms with Gasteiger partial charge in [0.15, 0.2) is 0 Å². The van der Waals surface area contributed by atoms with Gasteiger partial charge in [0.1, 0.15) is 5.82 Å². The Balaban J connectivity index is 2.29. The maximum atomic E-state index is 13.8. The van der Waals surface area contributed by atoms with Crippen LogP contribution in [0.5, 0.6) is 0 Å². The highest BCUT2D eigenvalue weighted by Crippen LogP contribution is 2.25. The van der Waals surface area contributed by atoms with Gasteiger partial charge >= 0.3 is 0 Å². The number of alkyl halides is 1. The lowest BCUT2D eigenvalue weighted by Gasteiger charge is -2.26. The number of nitrogens with zero attached hydrogens (tertiary/aromatic N) is 3.